The summed E-state index contributed by atoms with van der Waals surface area (Å²) in [7, 11) is 0. The Hall–Kier alpha value is -3.15. The first-order valence-corrected chi connectivity index (χ1v) is 11.4. The van der Waals surface area contributed by atoms with Crippen molar-refractivity contribution < 1.29 is 4.79 Å². The maximum atomic E-state index is 13.1. The molecule has 2 fully saturated rings. The van der Waals surface area contributed by atoms with Crippen LogP contribution in [0, 0.1) is 0 Å². The van der Waals surface area contributed by atoms with Crippen LogP contribution in [-0.4, -0.2) is 42.1 Å². The highest BCUT2D eigenvalue weighted by molar-refractivity contribution is 6.02. The number of nitrogens with zero attached hydrogens (tertiary/aromatic N) is 4. The van der Waals surface area contributed by atoms with Crippen LogP contribution in [0.1, 0.15) is 48.0 Å². The number of para-hydroxylation sites is 1. The van der Waals surface area contributed by atoms with E-state index in [1.807, 2.05) is 36.5 Å². The van der Waals surface area contributed by atoms with Gasteiger partial charge in [0.05, 0.1) is 11.1 Å². The molecule has 2 aliphatic heterocycles. The van der Waals surface area contributed by atoms with Gasteiger partial charge in [-0.15, -0.1) is 0 Å². The van der Waals surface area contributed by atoms with Gasteiger partial charge in [0, 0.05) is 44.3 Å². The molecular formula is C25H29N5O. The zero-order chi connectivity index (χ0) is 21.0. The lowest BCUT2D eigenvalue weighted by Gasteiger charge is -2.27. The van der Waals surface area contributed by atoms with E-state index in [0.29, 0.717) is 12.1 Å². The van der Waals surface area contributed by atoms with Crippen molar-refractivity contribution in [3.8, 4) is 0 Å². The first kappa shape index (κ1) is 19.8. The van der Waals surface area contributed by atoms with Crippen LogP contribution in [0.5, 0.6) is 0 Å². The topological polar surface area (TPSA) is 61.4 Å². The van der Waals surface area contributed by atoms with Gasteiger partial charge in [-0.2, -0.15) is 0 Å². The van der Waals surface area contributed by atoms with Gasteiger partial charge >= 0.3 is 0 Å². The van der Waals surface area contributed by atoms with Crippen LogP contribution < -0.4 is 15.1 Å². The van der Waals surface area contributed by atoms with E-state index >= 15 is 0 Å². The predicted octanol–water partition coefficient (Wildman–Crippen LogP) is 4.15. The van der Waals surface area contributed by atoms with Crippen LogP contribution in [0.15, 0.2) is 48.7 Å². The summed E-state index contributed by atoms with van der Waals surface area (Å²) in [5.74, 6) is 1.75. The van der Waals surface area contributed by atoms with E-state index in [9.17, 15) is 4.79 Å². The molecule has 4 heterocycles. The summed E-state index contributed by atoms with van der Waals surface area (Å²) in [5.41, 5.74) is 2.59. The number of amides is 1. The van der Waals surface area contributed by atoms with E-state index in [2.05, 4.69) is 32.2 Å². The summed E-state index contributed by atoms with van der Waals surface area (Å²) < 4.78 is 0. The summed E-state index contributed by atoms with van der Waals surface area (Å²) in [6.07, 6.45) is 7.94. The van der Waals surface area contributed by atoms with Gasteiger partial charge in [0.25, 0.3) is 5.91 Å². The van der Waals surface area contributed by atoms with Gasteiger partial charge in [0.1, 0.15) is 11.6 Å². The van der Waals surface area contributed by atoms with Crippen molar-refractivity contribution in [3.05, 3.63) is 59.8 Å². The lowest BCUT2D eigenvalue weighted by molar-refractivity contribution is 0.0951. The summed E-state index contributed by atoms with van der Waals surface area (Å²) in [5, 5.41) is 4.07. The van der Waals surface area contributed by atoms with E-state index in [1.165, 1.54) is 19.3 Å². The van der Waals surface area contributed by atoms with E-state index < -0.39 is 0 Å². The molecule has 1 N–H and O–H groups in total. The lowest BCUT2D eigenvalue weighted by Crippen LogP contribution is -2.30. The maximum Gasteiger partial charge on any atom is 0.255 e. The third-order valence-corrected chi connectivity index (χ3v) is 6.30. The SMILES string of the molecule is O=C(NCc1ccc(N2CCCCC2)nc1)c1cc2ccccc2nc1N1CCCC1. The second kappa shape index (κ2) is 8.92. The van der Waals surface area contributed by atoms with Crippen molar-refractivity contribution in [3.63, 3.8) is 0 Å². The molecular weight excluding hydrogens is 386 g/mol. The third kappa shape index (κ3) is 4.33. The second-order valence-corrected chi connectivity index (χ2v) is 8.50. The smallest absolute Gasteiger partial charge is 0.255 e. The zero-order valence-electron chi connectivity index (χ0n) is 17.9. The van der Waals surface area contributed by atoms with Crippen LogP contribution in [0.25, 0.3) is 10.9 Å². The number of anilines is 2. The Morgan fingerprint density at radius 2 is 1.65 bits per heavy atom. The molecule has 0 aliphatic carbocycles. The van der Waals surface area contributed by atoms with Crippen molar-refractivity contribution in [1.29, 1.82) is 0 Å². The van der Waals surface area contributed by atoms with Crippen LogP contribution >= 0.6 is 0 Å². The molecule has 0 saturated carbocycles. The van der Waals surface area contributed by atoms with Crippen LogP contribution in [-0.2, 0) is 6.54 Å². The Morgan fingerprint density at radius 3 is 2.42 bits per heavy atom. The quantitative estimate of drug-likeness (QED) is 0.678. The number of nitrogens with one attached hydrogen (secondary N) is 1. The zero-order valence-corrected chi connectivity index (χ0v) is 17.9. The lowest BCUT2D eigenvalue weighted by atomic mass is 10.1. The fourth-order valence-corrected chi connectivity index (χ4v) is 4.55. The first-order valence-electron chi connectivity index (χ1n) is 11.4. The molecule has 1 amide bonds. The molecule has 5 rings (SSSR count). The van der Waals surface area contributed by atoms with Crippen molar-refractivity contribution in [2.24, 2.45) is 0 Å². The summed E-state index contributed by atoms with van der Waals surface area (Å²) >= 11 is 0. The van der Waals surface area contributed by atoms with E-state index in [1.54, 1.807) is 0 Å². The Balaban J connectivity index is 1.32. The summed E-state index contributed by atoms with van der Waals surface area (Å²) in [6, 6.07) is 14.1. The molecule has 6 nitrogen and oxygen atoms in total. The van der Waals surface area contributed by atoms with Crippen LogP contribution in [0.2, 0.25) is 0 Å². The molecule has 1 aromatic carbocycles. The summed E-state index contributed by atoms with van der Waals surface area (Å²) in [4.78, 5) is 27.2. The van der Waals surface area contributed by atoms with Gasteiger partial charge in [-0.3, -0.25) is 4.79 Å². The molecule has 2 saturated heterocycles. The minimum atomic E-state index is -0.0831. The molecule has 0 spiro atoms. The van der Waals surface area contributed by atoms with Crippen molar-refractivity contribution in [2.45, 2.75) is 38.6 Å². The second-order valence-electron chi connectivity index (χ2n) is 8.50. The molecule has 3 aromatic rings. The molecule has 0 atom stereocenters. The Kier molecular flexibility index (Phi) is 5.69. The van der Waals surface area contributed by atoms with Gasteiger partial charge in [-0.1, -0.05) is 24.3 Å². The number of carbonyl (C=O) groups excluding carboxylic acids is 1. The van der Waals surface area contributed by atoms with Gasteiger partial charge in [0.2, 0.25) is 0 Å². The fraction of sp³-hybridized carbons (Fsp3) is 0.400. The highest BCUT2D eigenvalue weighted by Crippen LogP contribution is 2.26. The van der Waals surface area contributed by atoms with E-state index in [-0.39, 0.29) is 5.91 Å². The number of hydrogen-bond acceptors (Lipinski definition) is 5. The number of fused-ring (bicyclic) bond motifs is 1. The van der Waals surface area contributed by atoms with E-state index in [4.69, 9.17) is 4.98 Å². The monoisotopic (exact) mass is 415 g/mol. The van der Waals surface area contributed by atoms with Gasteiger partial charge < -0.3 is 15.1 Å². The standard InChI is InChI=1S/C25H29N5O/c31-25(27-18-19-10-11-23(26-17-19)29-12-4-1-5-13-29)21-16-20-8-2-3-9-22(20)28-24(21)30-14-6-7-15-30/h2-3,8-11,16-17H,1,4-7,12-15,18H2,(H,27,31). The molecule has 31 heavy (non-hydrogen) atoms. The third-order valence-electron chi connectivity index (χ3n) is 6.30. The van der Waals surface area contributed by atoms with Crippen molar-refractivity contribution in [2.75, 3.05) is 36.0 Å². The molecule has 160 valence electrons. The van der Waals surface area contributed by atoms with Crippen LogP contribution in [0.3, 0.4) is 0 Å². The molecule has 2 aromatic heterocycles. The number of pyridine rings is 2. The molecule has 0 unspecified atom stereocenters. The molecule has 2 aliphatic rings. The number of carbonyl (C=O) groups is 1. The average molecular weight is 416 g/mol. The van der Waals surface area contributed by atoms with E-state index in [0.717, 1.165) is 67.1 Å². The number of aromatic nitrogens is 2. The number of hydrogen-bond donors (Lipinski definition) is 1. The van der Waals surface area contributed by atoms with Crippen molar-refractivity contribution in [1.82, 2.24) is 15.3 Å². The maximum absolute atomic E-state index is 13.1. The fourth-order valence-electron chi connectivity index (χ4n) is 4.55. The summed E-state index contributed by atoms with van der Waals surface area (Å²) in [6.45, 7) is 4.52. The largest absolute Gasteiger partial charge is 0.357 e. The normalized spacial score (nSPS) is 16.6. The molecule has 6 heteroatoms. The van der Waals surface area contributed by atoms with Crippen LogP contribution in [0.4, 0.5) is 11.6 Å². The first-order chi connectivity index (χ1) is 15.3. The Bertz CT molecular complexity index is 1050. The highest BCUT2D eigenvalue weighted by Gasteiger charge is 2.22. The minimum Gasteiger partial charge on any atom is -0.357 e. The molecule has 0 bridgehead atoms. The van der Waals surface area contributed by atoms with Gasteiger partial charge in [-0.05, 0) is 55.9 Å². The highest BCUT2D eigenvalue weighted by atomic mass is 16.1. The Labute approximate surface area is 183 Å². The van der Waals surface area contributed by atoms with Gasteiger partial charge in [-0.25, -0.2) is 9.97 Å². The Morgan fingerprint density at radius 1 is 0.903 bits per heavy atom. The number of rotatable bonds is 5. The minimum absolute atomic E-state index is 0.0831. The number of benzene rings is 1. The predicted molar refractivity (Wildman–Crippen MR) is 125 cm³/mol. The van der Waals surface area contributed by atoms with Gasteiger partial charge in [0.15, 0.2) is 0 Å². The molecule has 0 radical (unpaired) electrons. The number of piperidine rings is 1. The van der Waals surface area contributed by atoms with Crippen molar-refractivity contribution >= 4 is 28.4 Å². The average Bonchev–Trinajstić information content (AvgIpc) is 3.37.